The number of rotatable bonds is 7. The molecule has 2 fully saturated rings. The van der Waals surface area contributed by atoms with Crippen LogP contribution in [0.5, 0.6) is 0 Å². The summed E-state index contributed by atoms with van der Waals surface area (Å²) in [5, 5.41) is 8.81. The maximum absolute atomic E-state index is 4.85. The fourth-order valence-corrected chi connectivity index (χ4v) is 6.41. The van der Waals surface area contributed by atoms with Gasteiger partial charge in [0.25, 0.3) is 0 Å². The van der Waals surface area contributed by atoms with Crippen LogP contribution in [0.3, 0.4) is 0 Å². The van der Waals surface area contributed by atoms with Gasteiger partial charge in [0.05, 0.1) is 9.88 Å². The van der Waals surface area contributed by atoms with E-state index in [1.807, 2.05) is 29.2 Å². The number of hydrogen-bond donors (Lipinski definition) is 2. The lowest BCUT2D eigenvalue weighted by atomic mass is 9.86. The van der Waals surface area contributed by atoms with Crippen LogP contribution >= 0.6 is 23.1 Å². The Bertz CT molecular complexity index is 978. The fourth-order valence-electron chi connectivity index (χ4n) is 3.99. The van der Waals surface area contributed by atoms with E-state index in [0.717, 1.165) is 10.9 Å². The zero-order valence-corrected chi connectivity index (χ0v) is 18.8. The van der Waals surface area contributed by atoms with E-state index in [0.29, 0.717) is 17.9 Å². The van der Waals surface area contributed by atoms with Crippen molar-refractivity contribution in [3.8, 4) is 10.4 Å². The van der Waals surface area contributed by atoms with Gasteiger partial charge in [-0.25, -0.2) is 15.0 Å². The molecule has 2 aromatic heterocycles. The second-order valence-electron chi connectivity index (χ2n) is 8.13. The van der Waals surface area contributed by atoms with Crippen molar-refractivity contribution in [3.05, 3.63) is 47.9 Å². The molecule has 2 aliphatic carbocycles. The Balaban J connectivity index is 1.37. The maximum Gasteiger partial charge on any atom is 0.227 e. The predicted octanol–water partition coefficient (Wildman–Crippen LogP) is 5.84. The minimum Gasteiger partial charge on any atom is -0.324 e. The van der Waals surface area contributed by atoms with Gasteiger partial charge in [-0.1, -0.05) is 6.07 Å². The van der Waals surface area contributed by atoms with Crippen LogP contribution < -0.4 is 10.6 Å². The molecule has 0 atom stereocenters. The molecule has 156 valence electrons. The van der Waals surface area contributed by atoms with E-state index in [9.17, 15) is 0 Å². The lowest BCUT2D eigenvalue weighted by molar-refractivity contribution is 0.358. The van der Waals surface area contributed by atoms with Crippen LogP contribution in [0.4, 0.5) is 11.6 Å². The molecule has 30 heavy (non-hydrogen) atoms. The number of hydrogen-bond acceptors (Lipinski definition) is 7. The lowest BCUT2D eigenvalue weighted by Gasteiger charge is -2.26. The van der Waals surface area contributed by atoms with Crippen LogP contribution in [-0.2, 0) is 0 Å². The molecule has 0 amide bonds. The van der Waals surface area contributed by atoms with E-state index in [4.69, 9.17) is 4.98 Å². The average molecular weight is 438 g/mol. The number of benzene rings is 1. The highest BCUT2D eigenvalue weighted by Gasteiger charge is 2.26. The van der Waals surface area contributed by atoms with E-state index in [1.54, 1.807) is 12.4 Å². The fraction of sp³-hybridized carbons (Fsp3) is 0.435. The van der Waals surface area contributed by atoms with Crippen LogP contribution in [0.25, 0.3) is 10.4 Å². The smallest absolute Gasteiger partial charge is 0.227 e. The Morgan fingerprint density at radius 1 is 1.00 bits per heavy atom. The summed E-state index contributed by atoms with van der Waals surface area (Å²) in [5.41, 5.74) is 2.34. The number of nitrogens with one attached hydrogen (secondary N) is 2. The standard InChI is InChI=1S/C23H27N5S2/c1-24-16-5-3-15(4-6-16)22-27-14-21(30-22)19-10-7-17(13-20(19)29-18-8-9-18)28-23-25-11-2-12-26-23/h2,7,10-16,18,24H,3-6,8-9H2,1H3,(H,25,26,28). The van der Waals surface area contributed by atoms with Gasteiger partial charge in [-0.3, -0.25) is 0 Å². The molecular weight excluding hydrogens is 410 g/mol. The molecule has 2 N–H and O–H groups in total. The summed E-state index contributed by atoms with van der Waals surface area (Å²) in [6.07, 6.45) is 13.2. The Morgan fingerprint density at radius 3 is 2.53 bits per heavy atom. The number of thiazole rings is 1. The minimum atomic E-state index is 0.615. The molecule has 0 aliphatic heterocycles. The Morgan fingerprint density at radius 2 is 1.80 bits per heavy atom. The van der Waals surface area contributed by atoms with Crippen LogP contribution in [0, 0.1) is 0 Å². The van der Waals surface area contributed by atoms with Gasteiger partial charge in [-0.15, -0.1) is 23.1 Å². The summed E-state index contributed by atoms with van der Waals surface area (Å²) in [6, 6.07) is 9.10. The van der Waals surface area contributed by atoms with Gasteiger partial charge in [0.15, 0.2) is 0 Å². The Kier molecular flexibility index (Phi) is 6.02. The Labute approximate surface area is 186 Å². The SMILES string of the molecule is CNC1CCC(c2ncc(-c3ccc(Nc4ncccn4)cc3SC3CC3)s2)CC1. The molecule has 1 aromatic carbocycles. The van der Waals surface area contributed by atoms with Gasteiger partial charge < -0.3 is 10.6 Å². The van der Waals surface area contributed by atoms with Crippen LogP contribution in [0.15, 0.2) is 47.8 Å². The molecule has 5 nitrogen and oxygen atoms in total. The van der Waals surface area contributed by atoms with Crippen molar-refractivity contribution in [3.63, 3.8) is 0 Å². The van der Waals surface area contributed by atoms with Crippen LogP contribution in [0.1, 0.15) is 49.5 Å². The van der Waals surface area contributed by atoms with Gasteiger partial charge in [0, 0.05) is 51.9 Å². The first-order chi connectivity index (χ1) is 14.8. The van der Waals surface area contributed by atoms with Crippen LogP contribution in [-0.4, -0.2) is 33.3 Å². The summed E-state index contributed by atoms with van der Waals surface area (Å²) in [5.74, 6) is 1.24. The molecule has 7 heteroatoms. The number of aromatic nitrogens is 3. The molecule has 0 radical (unpaired) electrons. The highest BCUT2D eigenvalue weighted by Crippen LogP contribution is 2.46. The lowest BCUT2D eigenvalue weighted by Crippen LogP contribution is -2.29. The highest BCUT2D eigenvalue weighted by molar-refractivity contribution is 8.00. The van der Waals surface area contributed by atoms with Crippen molar-refractivity contribution in [1.82, 2.24) is 20.3 Å². The third kappa shape index (κ3) is 4.68. The summed E-state index contributed by atoms with van der Waals surface area (Å²) in [4.78, 5) is 16.0. The van der Waals surface area contributed by atoms with E-state index in [1.165, 1.54) is 58.9 Å². The van der Waals surface area contributed by atoms with E-state index >= 15 is 0 Å². The zero-order valence-electron chi connectivity index (χ0n) is 17.2. The summed E-state index contributed by atoms with van der Waals surface area (Å²) >= 11 is 3.88. The van der Waals surface area contributed by atoms with Crippen molar-refractivity contribution in [2.75, 3.05) is 12.4 Å². The molecule has 5 rings (SSSR count). The van der Waals surface area contributed by atoms with Crippen molar-refractivity contribution in [1.29, 1.82) is 0 Å². The summed E-state index contributed by atoms with van der Waals surface area (Å²) < 4.78 is 0. The number of thioether (sulfide) groups is 1. The van der Waals surface area contributed by atoms with Gasteiger partial charge >= 0.3 is 0 Å². The molecular formula is C23H27N5S2. The largest absolute Gasteiger partial charge is 0.324 e. The van der Waals surface area contributed by atoms with Gasteiger partial charge in [0.2, 0.25) is 5.95 Å². The monoisotopic (exact) mass is 437 g/mol. The topological polar surface area (TPSA) is 62.7 Å². The molecule has 3 aromatic rings. The second-order valence-corrected chi connectivity index (χ2v) is 10.5. The molecule has 2 heterocycles. The third-order valence-electron chi connectivity index (χ3n) is 5.90. The van der Waals surface area contributed by atoms with Gasteiger partial charge in [-0.05, 0) is 63.8 Å². The first kappa shape index (κ1) is 20.0. The van der Waals surface area contributed by atoms with Crippen molar-refractivity contribution >= 4 is 34.7 Å². The number of anilines is 2. The molecule has 0 saturated heterocycles. The first-order valence-electron chi connectivity index (χ1n) is 10.8. The maximum atomic E-state index is 4.85. The van der Waals surface area contributed by atoms with Crippen molar-refractivity contribution in [2.45, 2.75) is 60.6 Å². The molecule has 2 aliphatic rings. The quantitative estimate of drug-likeness (QED) is 0.484. The zero-order chi connectivity index (χ0) is 20.3. The summed E-state index contributed by atoms with van der Waals surface area (Å²) in [7, 11) is 2.08. The van der Waals surface area contributed by atoms with Crippen LogP contribution in [0.2, 0.25) is 0 Å². The predicted molar refractivity (Wildman–Crippen MR) is 126 cm³/mol. The molecule has 0 bridgehead atoms. The normalized spacial score (nSPS) is 21.5. The van der Waals surface area contributed by atoms with Crippen molar-refractivity contribution in [2.24, 2.45) is 0 Å². The van der Waals surface area contributed by atoms with E-state index in [2.05, 4.69) is 52.0 Å². The van der Waals surface area contributed by atoms with E-state index < -0.39 is 0 Å². The molecule has 0 spiro atoms. The highest BCUT2D eigenvalue weighted by atomic mass is 32.2. The minimum absolute atomic E-state index is 0.615. The summed E-state index contributed by atoms with van der Waals surface area (Å²) in [6.45, 7) is 0. The third-order valence-corrected chi connectivity index (χ3v) is 8.48. The average Bonchev–Trinajstić information content (AvgIpc) is 3.47. The first-order valence-corrected chi connectivity index (χ1v) is 12.5. The second kappa shape index (κ2) is 9.04. The van der Waals surface area contributed by atoms with Crippen molar-refractivity contribution < 1.29 is 0 Å². The molecule has 0 unspecified atom stereocenters. The Hall–Kier alpha value is -1.96. The van der Waals surface area contributed by atoms with Gasteiger partial charge in [0.1, 0.15) is 0 Å². The van der Waals surface area contributed by atoms with Gasteiger partial charge in [-0.2, -0.15) is 0 Å². The molecule has 2 saturated carbocycles. The van der Waals surface area contributed by atoms with E-state index in [-0.39, 0.29) is 0 Å². The number of nitrogens with zero attached hydrogens (tertiary/aromatic N) is 3.